The molecule has 0 spiro atoms. The molecule has 2 aromatic heterocycles. The Balaban J connectivity index is 1.50. The van der Waals surface area contributed by atoms with Crippen LogP contribution in [0.3, 0.4) is 0 Å². The first-order chi connectivity index (χ1) is 12.9. The first-order valence-corrected chi connectivity index (χ1v) is 9.49. The average molecular weight is 370 g/mol. The van der Waals surface area contributed by atoms with E-state index in [0.717, 1.165) is 42.4 Å². The molecule has 2 aliphatic rings. The lowest BCUT2D eigenvalue weighted by Gasteiger charge is -2.35. The van der Waals surface area contributed by atoms with Gasteiger partial charge in [0.2, 0.25) is 0 Å². The van der Waals surface area contributed by atoms with Gasteiger partial charge in [-0.3, -0.25) is 9.48 Å². The molecule has 27 heavy (non-hydrogen) atoms. The van der Waals surface area contributed by atoms with Crippen molar-refractivity contribution in [1.29, 1.82) is 0 Å². The number of aryl methyl sites for hydroxylation is 2. The van der Waals surface area contributed by atoms with Crippen molar-refractivity contribution in [2.45, 2.75) is 39.4 Å². The van der Waals surface area contributed by atoms with Gasteiger partial charge < -0.3 is 14.5 Å². The van der Waals surface area contributed by atoms with E-state index in [1.807, 2.05) is 38.8 Å². The minimum Gasteiger partial charge on any atom is -0.369 e. The number of carbonyl (C=O) groups excluding carboxylic acids is 1. The lowest BCUT2D eigenvalue weighted by Crippen LogP contribution is -2.49. The van der Waals surface area contributed by atoms with Crippen LogP contribution >= 0.6 is 0 Å². The predicted octanol–water partition coefficient (Wildman–Crippen LogP) is 1.50. The summed E-state index contributed by atoms with van der Waals surface area (Å²) in [4.78, 5) is 25.9. The third-order valence-electron chi connectivity index (χ3n) is 5.36. The maximum atomic E-state index is 13.2. The monoisotopic (exact) mass is 370 g/mol. The molecule has 4 heterocycles. The summed E-state index contributed by atoms with van der Waals surface area (Å²) in [5.74, 6) is 1.70. The number of fused-ring (bicyclic) bond motifs is 1. The second-order valence-corrected chi connectivity index (χ2v) is 7.37. The highest BCUT2D eigenvalue weighted by Crippen LogP contribution is 2.32. The predicted molar refractivity (Wildman–Crippen MR) is 101 cm³/mol. The number of piperazine rings is 1. The lowest BCUT2D eigenvalue weighted by molar-refractivity contribution is -0.00906. The Bertz CT molecular complexity index is 856. The maximum Gasteiger partial charge on any atom is 0.274 e. The van der Waals surface area contributed by atoms with Crippen LogP contribution in [-0.2, 0) is 18.2 Å². The average Bonchev–Trinajstić information content (AvgIpc) is 2.98. The van der Waals surface area contributed by atoms with Gasteiger partial charge in [0.05, 0.1) is 17.9 Å². The highest BCUT2D eigenvalue weighted by atomic mass is 16.5. The van der Waals surface area contributed by atoms with E-state index in [1.165, 1.54) is 0 Å². The van der Waals surface area contributed by atoms with Crippen LogP contribution in [0.5, 0.6) is 0 Å². The Morgan fingerprint density at radius 1 is 1.22 bits per heavy atom. The van der Waals surface area contributed by atoms with Crippen LogP contribution in [0.25, 0.3) is 0 Å². The number of rotatable bonds is 2. The third kappa shape index (κ3) is 3.29. The van der Waals surface area contributed by atoms with Crippen LogP contribution in [0.2, 0.25) is 0 Å². The molecule has 0 bridgehead atoms. The zero-order valence-electron chi connectivity index (χ0n) is 16.3. The Kier molecular flexibility index (Phi) is 4.59. The molecule has 0 unspecified atom stereocenters. The van der Waals surface area contributed by atoms with Crippen LogP contribution in [0, 0.1) is 6.92 Å². The Morgan fingerprint density at radius 2 is 1.96 bits per heavy atom. The van der Waals surface area contributed by atoms with Crippen LogP contribution < -0.4 is 4.90 Å². The second kappa shape index (κ2) is 6.92. The van der Waals surface area contributed by atoms with E-state index in [-0.39, 0.29) is 18.1 Å². The van der Waals surface area contributed by atoms with Crippen LogP contribution in [0.15, 0.2) is 12.3 Å². The van der Waals surface area contributed by atoms with Crippen molar-refractivity contribution in [2.75, 3.05) is 31.1 Å². The first-order valence-electron chi connectivity index (χ1n) is 9.49. The fraction of sp³-hybridized carbons (Fsp3) is 0.579. The van der Waals surface area contributed by atoms with E-state index in [4.69, 9.17) is 4.74 Å². The molecule has 0 saturated carbocycles. The molecule has 8 heteroatoms. The van der Waals surface area contributed by atoms with Crippen molar-refractivity contribution in [2.24, 2.45) is 7.05 Å². The number of aromatic nitrogens is 4. The summed E-state index contributed by atoms with van der Waals surface area (Å²) < 4.78 is 7.70. The number of anilines is 1. The number of hydrogen-bond acceptors (Lipinski definition) is 6. The quantitative estimate of drug-likeness (QED) is 0.797. The molecule has 1 saturated heterocycles. The largest absolute Gasteiger partial charge is 0.369 e. The van der Waals surface area contributed by atoms with E-state index in [0.29, 0.717) is 18.8 Å². The smallest absolute Gasteiger partial charge is 0.274 e. The molecule has 2 aliphatic heterocycles. The SMILES string of the molecule is Cc1nccc(N2CCN(C(=O)c3nn(C)c4c3C[C@@H](C)O[C@H]4C)CC2)n1. The van der Waals surface area contributed by atoms with E-state index < -0.39 is 0 Å². The summed E-state index contributed by atoms with van der Waals surface area (Å²) >= 11 is 0. The number of nitrogens with zero attached hydrogens (tertiary/aromatic N) is 6. The van der Waals surface area contributed by atoms with Crippen LogP contribution in [0.1, 0.15) is 47.5 Å². The number of ether oxygens (including phenoxy) is 1. The molecule has 0 aromatic carbocycles. The topological polar surface area (TPSA) is 76.4 Å². The molecule has 0 aliphatic carbocycles. The van der Waals surface area contributed by atoms with Gasteiger partial charge in [-0.05, 0) is 26.8 Å². The van der Waals surface area contributed by atoms with Gasteiger partial charge >= 0.3 is 0 Å². The number of amides is 1. The third-order valence-corrected chi connectivity index (χ3v) is 5.36. The molecule has 0 radical (unpaired) electrons. The molecule has 1 amide bonds. The summed E-state index contributed by atoms with van der Waals surface area (Å²) in [6.07, 6.45) is 2.57. The highest BCUT2D eigenvalue weighted by molar-refractivity contribution is 5.94. The highest BCUT2D eigenvalue weighted by Gasteiger charge is 2.33. The van der Waals surface area contributed by atoms with Gasteiger partial charge in [-0.15, -0.1) is 0 Å². The van der Waals surface area contributed by atoms with Gasteiger partial charge in [-0.1, -0.05) is 0 Å². The molecule has 2 aromatic rings. The van der Waals surface area contributed by atoms with Crippen LogP contribution in [0.4, 0.5) is 5.82 Å². The fourth-order valence-electron chi connectivity index (χ4n) is 4.12. The van der Waals surface area contributed by atoms with Gasteiger partial charge in [-0.2, -0.15) is 5.10 Å². The molecule has 144 valence electrons. The van der Waals surface area contributed by atoms with E-state index >= 15 is 0 Å². The second-order valence-electron chi connectivity index (χ2n) is 7.37. The fourth-order valence-corrected chi connectivity index (χ4v) is 4.12. The molecule has 4 rings (SSSR count). The minimum atomic E-state index is -0.0411. The Labute approximate surface area is 159 Å². The van der Waals surface area contributed by atoms with Crippen molar-refractivity contribution in [3.63, 3.8) is 0 Å². The normalized spacial score (nSPS) is 22.7. The van der Waals surface area contributed by atoms with Crippen molar-refractivity contribution in [3.05, 3.63) is 35.0 Å². The van der Waals surface area contributed by atoms with E-state index in [2.05, 4.69) is 20.0 Å². The first kappa shape index (κ1) is 17.9. The van der Waals surface area contributed by atoms with Gasteiger partial charge in [0, 0.05) is 51.4 Å². The van der Waals surface area contributed by atoms with Gasteiger partial charge in [-0.25, -0.2) is 9.97 Å². The van der Waals surface area contributed by atoms with Crippen molar-refractivity contribution in [1.82, 2.24) is 24.6 Å². The summed E-state index contributed by atoms with van der Waals surface area (Å²) in [6, 6.07) is 1.92. The summed E-state index contributed by atoms with van der Waals surface area (Å²) in [5, 5.41) is 4.55. The molecule has 8 nitrogen and oxygen atoms in total. The van der Waals surface area contributed by atoms with Gasteiger partial charge in [0.1, 0.15) is 11.6 Å². The van der Waals surface area contributed by atoms with Gasteiger partial charge in [0.15, 0.2) is 5.69 Å². The zero-order valence-corrected chi connectivity index (χ0v) is 16.3. The molecule has 2 atom stereocenters. The summed E-state index contributed by atoms with van der Waals surface area (Å²) in [6.45, 7) is 8.79. The Morgan fingerprint density at radius 3 is 2.67 bits per heavy atom. The minimum absolute atomic E-state index is 0.0201. The zero-order chi connectivity index (χ0) is 19.1. The van der Waals surface area contributed by atoms with E-state index in [1.54, 1.807) is 10.9 Å². The number of carbonyl (C=O) groups is 1. The lowest BCUT2D eigenvalue weighted by atomic mass is 9.99. The Hall–Kier alpha value is -2.48. The van der Waals surface area contributed by atoms with Crippen molar-refractivity contribution >= 4 is 11.7 Å². The maximum absolute atomic E-state index is 13.2. The summed E-state index contributed by atoms with van der Waals surface area (Å²) in [5.41, 5.74) is 2.65. The van der Waals surface area contributed by atoms with Crippen molar-refractivity contribution < 1.29 is 9.53 Å². The standard InChI is InChI=1S/C19H26N6O2/c1-12-11-15-17(22-23(4)18(15)13(2)27-12)19(26)25-9-7-24(8-10-25)16-5-6-20-14(3)21-16/h5-6,12-13H,7-11H2,1-4H3/t12-,13+/m1/s1. The van der Waals surface area contributed by atoms with Crippen molar-refractivity contribution in [3.8, 4) is 0 Å². The molecule has 1 fully saturated rings. The van der Waals surface area contributed by atoms with E-state index in [9.17, 15) is 4.79 Å². The molecule has 0 N–H and O–H groups in total. The number of hydrogen-bond donors (Lipinski definition) is 0. The van der Waals surface area contributed by atoms with Gasteiger partial charge in [0.25, 0.3) is 5.91 Å². The molecular weight excluding hydrogens is 344 g/mol. The summed E-state index contributed by atoms with van der Waals surface area (Å²) in [7, 11) is 1.89. The molecular formula is C19H26N6O2. The van der Waals surface area contributed by atoms with Crippen LogP contribution in [-0.4, -0.2) is 62.8 Å².